The summed E-state index contributed by atoms with van der Waals surface area (Å²) in [6.07, 6.45) is 0. The molecule has 2 N–H and O–H groups in total. The summed E-state index contributed by atoms with van der Waals surface area (Å²) in [4.78, 5) is 12.1. The normalized spacial score (nSPS) is 15.9. The minimum Gasteiger partial charge on any atom is -0.325 e. The molecule has 0 aliphatic carbocycles. The molecular formula is C16H15ClN2O3S. The van der Waals surface area contributed by atoms with Crippen LogP contribution in [0.3, 0.4) is 0 Å². The summed E-state index contributed by atoms with van der Waals surface area (Å²) in [5, 5.41) is 3.28. The fraction of sp³-hybridized carbons (Fsp3) is 0.188. The van der Waals surface area contributed by atoms with Crippen LogP contribution in [0.25, 0.3) is 0 Å². The number of rotatable bonds is 3. The molecule has 0 unspecified atom stereocenters. The Balaban J connectivity index is 1.97. The van der Waals surface area contributed by atoms with Crippen LogP contribution >= 0.6 is 11.6 Å². The van der Waals surface area contributed by atoms with Gasteiger partial charge in [-0.2, -0.15) is 0 Å². The topological polar surface area (TPSA) is 75.3 Å². The van der Waals surface area contributed by atoms with Gasteiger partial charge in [0.2, 0.25) is 5.91 Å². The van der Waals surface area contributed by atoms with E-state index in [2.05, 4.69) is 10.0 Å². The fourth-order valence-electron chi connectivity index (χ4n) is 2.45. The minimum absolute atomic E-state index is 0.107. The molecule has 0 bridgehead atoms. The smallest absolute Gasteiger partial charge is 0.261 e. The first-order valence-corrected chi connectivity index (χ1v) is 8.81. The Morgan fingerprint density at radius 2 is 1.74 bits per heavy atom. The summed E-state index contributed by atoms with van der Waals surface area (Å²) in [6.45, 7) is 3.52. The van der Waals surface area contributed by atoms with E-state index in [1.54, 1.807) is 44.2 Å². The van der Waals surface area contributed by atoms with Crippen molar-refractivity contribution in [3.63, 3.8) is 0 Å². The Morgan fingerprint density at radius 1 is 1.09 bits per heavy atom. The maximum Gasteiger partial charge on any atom is 0.261 e. The van der Waals surface area contributed by atoms with E-state index < -0.39 is 15.4 Å². The van der Waals surface area contributed by atoms with Crippen molar-refractivity contribution in [1.82, 2.24) is 0 Å². The molecule has 0 spiro atoms. The number of hydrogen-bond donors (Lipinski definition) is 2. The molecule has 1 aliphatic heterocycles. The fourth-order valence-corrected chi connectivity index (χ4v) is 3.66. The predicted molar refractivity (Wildman–Crippen MR) is 90.4 cm³/mol. The van der Waals surface area contributed by atoms with Crippen LogP contribution in [0.1, 0.15) is 19.4 Å². The summed E-state index contributed by atoms with van der Waals surface area (Å²) >= 11 is 5.79. The summed E-state index contributed by atoms with van der Waals surface area (Å²) in [7, 11) is -3.75. The summed E-state index contributed by atoms with van der Waals surface area (Å²) in [5.74, 6) is -0.146. The van der Waals surface area contributed by atoms with Gasteiger partial charge in [0.15, 0.2) is 0 Å². The highest BCUT2D eigenvalue weighted by Gasteiger charge is 2.39. The van der Waals surface area contributed by atoms with Crippen molar-refractivity contribution in [3.8, 4) is 0 Å². The molecule has 0 radical (unpaired) electrons. The molecule has 0 fully saturated rings. The summed E-state index contributed by atoms with van der Waals surface area (Å²) in [6, 6.07) is 11.0. The molecule has 23 heavy (non-hydrogen) atoms. The highest BCUT2D eigenvalue weighted by atomic mass is 35.5. The lowest BCUT2D eigenvalue weighted by Gasteiger charge is -2.16. The largest absolute Gasteiger partial charge is 0.325 e. The lowest BCUT2D eigenvalue weighted by Crippen LogP contribution is -2.27. The molecule has 0 saturated carbocycles. The number of sulfonamides is 1. The van der Waals surface area contributed by atoms with Crippen molar-refractivity contribution in [2.75, 3.05) is 10.0 Å². The van der Waals surface area contributed by atoms with Crippen LogP contribution in [-0.4, -0.2) is 14.3 Å². The standard InChI is InChI=1S/C16H15ClN2O3S/c1-16(2)13-9-12(7-8-14(13)18-15(16)20)23(21,22)19-11-5-3-10(17)4-6-11/h3-9,19H,1-2H3,(H,18,20). The molecule has 3 rings (SSSR count). The highest BCUT2D eigenvalue weighted by Crippen LogP contribution is 2.38. The molecule has 0 saturated heterocycles. The van der Waals surface area contributed by atoms with Gasteiger partial charge in [0.1, 0.15) is 0 Å². The molecule has 7 heteroatoms. The van der Waals surface area contributed by atoms with Crippen LogP contribution in [0.2, 0.25) is 5.02 Å². The van der Waals surface area contributed by atoms with Crippen molar-refractivity contribution in [2.24, 2.45) is 0 Å². The number of nitrogens with one attached hydrogen (secondary N) is 2. The van der Waals surface area contributed by atoms with Gasteiger partial charge in [-0.25, -0.2) is 8.42 Å². The Hall–Kier alpha value is -2.05. The van der Waals surface area contributed by atoms with Gasteiger partial charge < -0.3 is 5.32 Å². The zero-order valence-electron chi connectivity index (χ0n) is 12.6. The van der Waals surface area contributed by atoms with Gasteiger partial charge in [0.05, 0.1) is 10.3 Å². The third kappa shape index (κ3) is 2.80. The SMILES string of the molecule is CC1(C)C(=O)Nc2ccc(S(=O)(=O)Nc3ccc(Cl)cc3)cc21. The van der Waals surface area contributed by atoms with E-state index in [0.29, 0.717) is 22.0 Å². The second kappa shape index (κ2) is 5.25. The van der Waals surface area contributed by atoms with Crippen LogP contribution in [0.4, 0.5) is 11.4 Å². The third-order valence-corrected chi connectivity index (χ3v) is 5.52. The number of amides is 1. The number of fused-ring (bicyclic) bond motifs is 1. The van der Waals surface area contributed by atoms with E-state index in [-0.39, 0.29) is 10.8 Å². The first kappa shape index (κ1) is 15.8. The lowest BCUT2D eigenvalue weighted by molar-refractivity contribution is -0.119. The number of anilines is 2. The van der Waals surface area contributed by atoms with E-state index in [4.69, 9.17) is 11.6 Å². The number of carbonyl (C=O) groups excluding carboxylic acids is 1. The maximum atomic E-state index is 12.5. The zero-order chi connectivity index (χ0) is 16.8. The number of carbonyl (C=O) groups is 1. The Labute approximate surface area is 139 Å². The average molecular weight is 351 g/mol. The van der Waals surface area contributed by atoms with E-state index >= 15 is 0 Å². The number of hydrogen-bond acceptors (Lipinski definition) is 3. The molecule has 2 aromatic carbocycles. The molecule has 1 heterocycles. The van der Waals surface area contributed by atoms with Crippen molar-refractivity contribution in [2.45, 2.75) is 24.2 Å². The van der Waals surface area contributed by atoms with Gasteiger partial charge in [0.25, 0.3) is 10.0 Å². The van der Waals surface area contributed by atoms with Gasteiger partial charge in [-0.1, -0.05) is 11.6 Å². The van der Waals surface area contributed by atoms with Crippen LogP contribution in [0.15, 0.2) is 47.4 Å². The van der Waals surface area contributed by atoms with Crippen LogP contribution in [0.5, 0.6) is 0 Å². The monoisotopic (exact) mass is 350 g/mol. The highest BCUT2D eigenvalue weighted by molar-refractivity contribution is 7.92. The third-order valence-electron chi connectivity index (χ3n) is 3.89. The predicted octanol–water partition coefficient (Wildman–Crippen LogP) is 3.37. The van der Waals surface area contributed by atoms with E-state index in [0.717, 1.165) is 0 Å². The van der Waals surface area contributed by atoms with E-state index in [9.17, 15) is 13.2 Å². The molecule has 0 aromatic heterocycles. The first-order valence-electron chi connectivity index (χ1n) is 6.94. The average Bonchev–Trinajstić information content (AvgIpc) is 2.71. The van der Waals surface area contributed by atoms with Crippen molar-refractivity contribution < 1.29 is 13.2 Å². The van der Waals surface area contributed by atoms with Crippen LogP contribution < -0.4 is 10.0 Å². The summed E-state index contributed by atoms with van der Waals surface area (Å²) < 4.78 is 27.6. The number of benzene rings is 2. The second-order valence-corrected chi connectivity index (χ2v) is 8.02. The molecule has 5 nitrogen and oxygen atoms in total. The van der Waals surface area contributed by atoms with Gasteiger partial charge in [-0.05, 0) is 61.9 Å². The second-order valence-electron chi connectivity index (χ2n) is 5.90. The van der Waals surface area contributed by atoms with Gasteiger partial charge in [0, 0.05) is 16.4 Å². The Morgan fingerprint density at radius 3 is 2.39 bits per heavy atom. The zero-order valence-corrected chi connectivity index (χ0v) is 14.1. The first-order chi connectivity index (χ1) is 10.7. The van der Waals surface area contributed by atoms with Gasteiger partial charge in [-0.15, -0.1) is 0 Å². The van der Waals surface area contributed by atoms with Crippen LogP contribution in [-0.2, 0) is 20.2 Å². The van der Waals surface area contributed by atoms with Crippen LogP contribution in [0, 0.1) is 0 Å². The molecule has 0 atom stereocenters. The quantitative estimate of drug-likeness (QED) is 0.891. The maximum absolute atomic E-state index is 12.5. The summed E-state index contributed by atoms with van der Waals surface area (Å²) in [5.41, 5.74) is 0.969. The van der Waals surface area contributed by atoms with Gasteiger partial charge >= 0.3 is 0 Å². The van der Waals surface area contributed by atoms with Gasteiger partial charge in [-0.3, -0.25) is 9.52 Å². The molecule has 120 valence electrons. The molecule has 2 aromatic rings. The minimum atomic E-state index is -3.75. The molecular weight excluding hydrogens is 336 g/mol. The van der Waals surface area contributed by atoms with Crippen molar-refractivity contribution in [3.05, 3.63) is 53.1 Å². The lowest BCUT2D eigenvalue weighted by atomic mass is 9.86. The molecule has 1 aliphatic rings. The molecule has 1 amide bonds. The Bertz CT molecular complexity index is 890. The van der Waals surface area contributed by atoms with Crippen molar-refractivity contribution in [1.29, 1.82) is 0 Å². The van der Waals surface area contributed by atoms with E-state index in [1.165, 1.54) is 12.1 Å². The van der Waals surface area contributed by atoms with E-state index in [1.807, 2.05) is 0 Å². The Kier molecular flexibility index (Phi) is 3.61. The van der Waals surface area contributed by atoms with Crippen molar-refractivity contribution >= 4 is 38.9 Å². The number of halogens is 1.